The zero-order valence-electron chi connectivity index (χ0n) is 12.8. The molecule has 0 saturated heterocycles. The Morgan fingerprint density at radius 2 is 2.00 bits per heavy atom. The number of carboxylic acid groups (broad SMARTS) is 1. The Morgan fingerprint density at radius 3 is 2.67 bits per heavy atom. The molecule has 0 aliphatic heterocycles. The Hall–Kier alpha value is -1.55. The van der Waals surface area contributed by atoms with Gasteiger partial charge in [0.2, 0.25) is 0 Å². The normalized spacial score (nSPS) is 25.5. The van der Waals surface area contributed by atoms with Crippen molar-refractivity contribution < 1.29 is 14.6 Å². The minimum Gasteiger partial charge on any atom is -0.492 e. The molecule has 0 radical (unpaired) electrons. The molecule has 3 unspecified atom stereocenters. The molecule has 21 heavy (non-hydrogen) atoms. The van der Waals surface area contributed by atoms with E-state index in [1.165, 1.54) is 19.3 Å². The molecule has 0 aromatic heterocycles. The summed E-state index contributed by atoms with van der Waals surface area (Å²) >= 11 is 0. The van der Waals surface area contributed by atoms with E-state index in [9.17, 15) is 4.79 Å². The first-order chi connectivity index (χ1) is 10.1. The van der Waals surface area contributed by atoms with Crippen LogP contribution < -0.4 is 10.1 Å². The van der Waals surface area contributed by atoms with E-state index in [1.807, 2.05) is 0 Å². The number of ether oxygens (including phenoxy) is 1. The van der Waals surface area contributed by atoms with Gasteiger partial charge in [-0.25, -0.2) is 4.79 Å². The minimum atomic E-state index is -0.913. The Bertz CT molecular complexity index is 458. The lowest BCUT2D eigenvalue weighted by Gasteiger charge is -2.34. The van der Waals surface area contributed by atoms with Gasteiger partial charge in [0.15, 0.2) is 0 Å². The van der Waals surface area contributed by atoms with Gasteiger partial charge in [0.1, 0.15) is 12.4 Å². The Labute approximate surface area is 126 Å². The van der Waals surface area contributed by atoms with Crippen molar-refractivity contribution in [2.24, 2.45) is 11.8 Å². The molecule has 1 aliphatic carbocycles. The van der Waals surface area contributed by atoms with Gasteiger partial charge >= 0.3 is 5.97 Å². The molecular formula is C17H25NO3. The molecule has 0 spiro atoms. The summed E-state index contributed by atoms with van der Waals surface area (Å²) in [5, 5.41) is 12.4. The minimum absolute atomic E-state index is 0.283. The molecule has 2 N–H and O–H groups in total. The fourth-order valence-electron chi connectivity index (χ4n) is 2.98. The molecule has 3 atom stereocenters. The van der Waals surface area contributed by atoms with Crippen molar-refractivity contribution >= 4 is 5.97 Å². The summed E-state index contributed by atoms with van der Waals surface area (Å²) in [6.07, 6.45) is 3.89. The maximum absolute atomic E-state index is 10.8. The van der Waals surface area contributed by atoms with Gasteiger partial charge in [-0.2, -0.15) is 0 Å². The third kappa shape index (κ3) is 4.46. The zero-order valence-corrected chi connectivity index (χ0v) is 12.8. The van der Waals surface area contributed by atoms with Crippen LogP contribution in [0.25, 0.3) is 0 Å². The van der Waals surface area contributed by atoms with Crippen LogP contribution >= 0.6 is 0 Å². The summed E-state index contributed by atoms with van der Waals surface area (Å²) in [5.74, 6) is 1.31. The van der Waals surface area contributed by atoms with Crippen LogP contribution in [-0.4, -0.2) is 30.3 Å². The highest BCUT2D eigenvalue weighted by Crippen LogP contribution is 2.29. The lowest BCUT2D eigenvalue weighted by Crippen LogP contribution is -2.42. The number of benzene rings is 1. The van der Waals surface area contributed by atoms with Crippen LogP contribution in [-0.2, 0) is 0 Å². The number of hydrogen-bond acceptors (Lipinski definition) is 3. The van der Waals surface area contributed by atoms with E-state index in [4.69, 9.17) is 9.84 Å². The third-order valence-corrected chi connectivity index (χ3v) is 4.59. The van der Waals surface area contributed by atoms with Gasteiger partial charge in [-0.1, -0.05) is 26.7 Å². The summed E-state index contributed by atoms with van der Waals surface area (Å²) in [5.41, 5.74) is 0.283. The van der Waals surface area contributed by atoms with Gasteiger partial charge < -0.3 is 15.2 Å². The molecule has 1 fully saturated rings. The molecule has 0 amide bonds. The average Bonchev–Trinajstić information content (AvgIpc) is 2.48. The number of carboxylic acids is 1. The average molecular weight is 291 g/mol. The third-order valence-electron chi connectivity index (χ3n) is 4.59. The van der Waals surface area contributed by atoms with E-state index in [0.29, 0.717) is 24.3 Å². The molecule has 1 aliphatic rings. The quantitative estimate of drug-likeness (QED) is 0.790. The maximum Gasteiger partial charge on any atom is 0.335 e. The second kappa shape index (κ2) is 7.46. The molecule has 2 rings (SSSR count). The van der Waals surface area contributed by atoms with Gasteiger partial charge in [-0.05, 0) is 42.5 Å². The Morgan fingerprint density at radius 1 is 1.29 bits per heavy atom. The number of nitrogens with one attached hydrogen (secondary N) is 1. The molecule has 4 heteroatoms. The van der Waals surface area contributed by atoms with Gasteiger partial charge in [0.05, 0.1) is 5.56 Å². The fraction of sp³-hybridized carbons (Fsp3) is 0.588. The van der Waals surface area contributed by atoms with Crippen molar-refractivity contribution in [2.75, 3.05) is 13.2 Å². The SMILES string of the molecule is CC1CCCC(NCCOc2ccc(C(=O)O)cc2)C1C. The van der Waals surface area contributed by atoms with Crippen LogP contribution in [0.2, 0.25) is 0 Å². The summed E-state index contributed by atoms with van der Waals surface area (Å²) in [7, 11) is 0. The first-order valence-electron chi connectivity index (χ1n) is 7.77. The van der Waals surface area contributed by atoms with E-state index in [0.717, 1.165) is 12.5 Å². The van der Waals surface area contributed by atoms with Crippen molar-refractivity contribution in [3.05, 3.63) is 29.8 Å². The summed E-state index contributed by atoms with van der Waals surface area (Å²) in [4.78, 5) is 10.8. The van der Waals surface area contributed by atoms with Gasteiger partial charge in [0.25, 0.3) is 0 Å². The summed E-state index contributed by atoms with van der Waals surface area (Å²) < 4.78 is 5.64. The van der Waals surface area contributed by atoms with E-state index < -0.39 is 5.97 Å². The Balaban J connectivity index is 1.70. The first kappa shape index (κ1) is 15.8. The van der Waals surface area contributed by atoms with Crippen LogP contribution in [0.1, 0.15) is 43.5 Å². The van der Waals surface area contributed by atoms with Crippen LogP contribution in [0.4, 0.5) is 0 Å². The molecule has 1 aromatic carbocycles. The van der Waals surface area contributed by atoms with Crippen molar-refractivity contribution in [1.29, 1.82) is 0 Å². The number of hydrogen-bond donors (Lipinski definition) is 2. The van der Waals surface area contributed by atoms with E-state index in [-0.39, 0.29) is 5.56 Å². The highest BCUT2D eigenvalue weighted by molar-refractivity contribution is 5.87. The van der Waals surface area contributed by atoms with E-state index in [1.54, 1.807) is 24.3 Å². The van der Waals surface area contributed by atoms with Crippen LogP contribution in [0.3, 0.4) is 0 Å². The van der Waals surface area contributed by atoms with Gasteiger partial charge in [-0.3, -0.25) is 0 Å². The largest absolute Gasteiger partial charge is 0.492 e. The standard InChI is InChI=1S/C17H25NO3/c1-12-4-3-5-16(13(12)2)18-10-11-21-15-8-6-14(7-9-15)17(19)20/h6-9,12-13,16,18H,3-5,10-11H2,1-2H3,(H,19,20). The summed E-state index contributed by atoms with van der Waals surface area (Å²) in [6.45, 7) is 6.08. The number of carbonyl (C=O) groups is 1. The maximum atomic E-state index is 10.8. The van der Waals surface area contributed by atoms with Crippen LogP contribution in [0.5, 0.6) is 5.75 Å². The first-order valence-corrected chi connectivity index (χ1v) is 7.77. The number of rotatable bonds is 6. The van der Waals surface area contributed by atoms with E-state index >= 15 is 0 Å². The lowest BCUT2D eigenvalue weighted by atomic mass is 9.78. The van der Waals surface area contributed by atoms with Crippen molar-refractivity contribution in [3.8, 4) is 5.75 Å². The molecule has 4 nitrogen and oxygen atoms in total. The topological polar surface area (TPSA) is 58.6 Å². The fourth-order valence-corrected chi connectivity index (χ4v) is 2.98. The van der Waals surface area contributed by atoms with Gasteiger partial charge in [0, 0.05) is 12.6 Å². The molecule has 0 heterocycles. The van der Waals surface area contributed by atoms with Crippen LogP contribution in [0.15, 0.2) is 24.3 Å². The Kier molecular flexibility index (Phi) is 5.62. The van der Waals surface area contributed by atoms with Crippen molar-refractivity contribution in [1.82, 2.24) is 5.32 Å². The smallest absolute Gasteiger partial charge is 0.335 e. The second-order valence-corrected chi connectivity index (χ2v) is 6.01. The monoisotopic (exact) mass is 291 g/mol. The molecular weight excluding hydrogens is 266 g/mol. The molecule has 0 bridgehead atoms. The van der Waals surface area contributed by atoms with Crippen LogP contribution in [0, 0.1) is 11.8 Å². The van der Waals surface area contributed by atoms with E-state index in [2.05, 4.69) is 19.2 Å². The zero-order chi connectivity index (χ0) is 15.2. The second-order valence-electron chi connectivity index (χ2n) is 6.01. The molecule has 1 aromatic rings. The highest BCUT2D eigenvalue weighted by Gasteiger charge is 2.26. The van der Waals surface area contributed by atoms with Gasteiger partial charge in [-0.15, -0.1) is 0 Å². The number of aromatic carboxylic acids is 1. The lowest BCUT2D eigenvalue weighted by molar-refractivity contribution is 0.0697. The predicted octanol–water partition coefficient (Wildman–Crippen LogP) is 3.18. The van der Waals surface area contributed by atoms with Crippen molar-refractivity contribution in [2.45, 2.75) is 39.2 Å². The predicted molar refractivity (Wildman–Crippen MR) is 82.9 cm³/mol. The van der Waals surface area contributed by atoms with Crippen molar-refractivity contribution in [3.63, 3.8) is 0 Å². The summed E-state index contributed by atoms with van der Waals surface area (Å²) in [6, 6.07) is 7.13. The molecule has 116 valence electrons. The molecule has 1 saturated carbocycles. The highest BCUT2D eigenvalue weighted by atomic mass is 16.5.